The number of primary amides is 1. The first-order valence-corrected chi connectivity index (χ1v) is 7.32. The SMILES string of the molecule is Cc1cc(-c2nc(C(N)=O)cnc2-c2ccc(F)cc2)cc(C)n1. The molecule has 1 amide bonds. The number of pyridine rings is 1. The highest BCUT2D eigenvalue weighted by atomic mass is 19.1. The molecule has 0 aliphatic heterocycles. The van der Waals surface area contributed by atoms with Crippen molar-refractivity contribution >= 4 is 5.91 Å². The Balaban J connectivity index is 2.25. The molecule has 0 unspecified atom stereocenters. The Morgan fingerprint density at radius 1 is 0.958 bits per heavy atom. The molecular weight excluding hydrogens is 307 g/mol. The first-order chi connectivity index (χ1) is 11.4. The van der Waals surface area contributed by atoms with Crippen LogP contribution in [0.15, 0.2) is 42.6 Å². The van der Waals surface area contributed by atoms with Gasteiger partial charge in [-0.15, -0.1) is 0 Å². The molecule has 3 aromatic rings. The van der Waals surface area contributed by atoms with Crippen LogP contribution >= 0.6 is 0 Å². The molecule has 0 atom stereocenters. The molecule has 2 aromatic heterocycles. The minimum atomic E-state index is -0.656. The van der Waals surface area contributed by atoms with Gasteiger partial charge in [-0.05, 0) is 50.2 Å². The highest BCUT2D eigenvalue weighted by molar-refractivity contribution is 5.92. The van der Waals surface area contributed by atoms with Gasteiger partial charge in [-0.25, -0.2) is 9.37 Å². The summed E-state index contributed by atoms with van der Waals surface area (Å²) in [6, 6.07) is 9.66. The predicted molar refractivity (Wildman–Crippen MR) is 88.6 cm³/mol. The van der Waals surface area contributed by atoms with Gasteiger partial charge in [0.25, 0.3) is 5.91 Å². The summed E-state index contributed by atoms with van der Waals surface area (Å²) in [5.74, 6) is -0.991. The molecule has 0 aliphatic rings. The molecule has 6 heteroatoms. The third-order valence-electron chi connectivity index (χ3n) is 3.50. The van der Waals surface area contributed by atoms with Gasteiger partial charge in [0.15, 0.2) is 0 Å². The Bertz CT molecular complexity index is 903. The average molecular weight is 322 g/mol. The van der Waals surface area contributed by atoms with E-state index in [1.807, 2.05) is 26.0 Å². The second-order valence-corrected chi connectivity index (χ2v) is 5.46. The van der Waals surface area contributed by atoms with Crippen LogP contribution in [0.1, 0.15) is 21.9 Å². The number of carbonyl (C=O) groups is 1. The molecule has 5 nitrogen and oxygen atoms in total. The monoisotopic (exact) mass is 322 g/mol. The molecule has 0 aliphatic carbocycles. The largest absolute Gasteiger partial charge is 0.364 e. The van der Waals surface area contributed by atoms with Crippen molar-refractivity contribution < 1.29 is 9.18 Å². The van der Waals surface area contributed by atoms with Crippen LogP contribution < -0.4 is 5.73 Å². The third kappa shape index (κ3) is 3.12. The van der Waals surface area contributed by atoms with Crippen LogP contribution in [0.25, 0.3) is 22.5 Å². The molecule has 24 heavy (non-hydrogen) atoms. The molecule has 0 radical (unpaired) electrons. The van der Waals surface area contributed by atoms with E-state index in [0.717, 1.165) is 17.0 Å². The average Bonchev–Trinajstić information content (AvgIpc) is 2.54. The van der Waals surface area contributed by atoms with Crippen molar-refractivity contribution in [2.75, 3.05) is 0 Å². The second kappa shape index (κ2) is 6.16. The quantitative estimate of drug-likeness (QED) is 0.803. The molecule has 0 saturated heterocycles. The van der Waals surface area contributed by atoms with Gasteiger partial charge in [0.05, 0.1) is 17.6 Å². The van der Waals surface area contributed by atoms with Gasteiger partial charge < -0.3 is 5.73 Å². The molecular formula is C18H15FN4O. The predicted octanol–water partition coefficient (Wildman–Crippen LogP) is 3.06. The van der Waals surface area contributed by atoms with E-state index in [2.05, 4.69) is 15.0 Å². The molecule has 2 heterocycles. The number of aryl methyl sites for hydroxylation is 2. The lowest BCUT2D eigenvalue weighted by Crippen LogP contribution is -2.14. The van der Waals surface area contributed by atoms with Gasteiger partial charge in [-0.3, -0.25) is 14.8 Å². The number of nitrogens with zero attached hydrogens (tertiary/aromatic N) is 3. The molecule has 0 bridgehead atoms. The maximum atomic E-state index is 13.2. The third-order valence-corrected chi connectivity index (χ3v) is 3.50. The molecule has 120 valence electrons. The van der Waals surface area contributed by atoms with Crippen LogP contribution in [0, 0.1) is 19.7 Å². The van der Waals surface area contributed by atoms with Gasteiger partial charge in [-0.2, -0.15) is 0 Å². The van der Waals surface area contributed by atoms with Crippen LogP contribution in [0.4, 0.5) is 4.39 Å². The van der Waals surface area contributed by atoms with Crippen LogP contribution in [-0.2, 0) is 0 Å². The number of halogens is 1. The van der Waals surface area contributed by atoms with E-state index in [-0.39, 0.29) is 11.5 Å². The van der Waals surface area contributed by atoms with Crippen molar-refractivity contribution in [2.45, 2.75) is 13.8 Å². The Morgan fingerprint density at radius 2 is 1.58 bits per heavy atom. The fraction of sp³-hybridized carbons (Fsp3) is 0.111. The van der Waals surface area contributed by atoms with E-state index < -0.39 is 5.91 Å². The summed E-state index contributed by atoms with van der Waals surface area (Å²) >= 11 is 0. The molecule has 0 fully saturated rings. The molecule has 1 aromatic carbocycles. The lowest BCUT2D eigenvalue weighted by Gasteiger charge is -2.11. The van der Waals surface area contributed by atoms with E-state index >= 15 is 0 Å². The zero-order valence-corrected chi connectivity index (χ0v) is 13.2. The Hall–Kier alpha value is -3.15. The van der Waals surface area contributed by atoms with Gasteiger partial charge in [-0.1, -0.05) is 0 Å². The molecule has 2 N–H and O–H groups in total. The highest BCUT2D eigenvalue weighted by Crippen LogP contribution is 2.29. The Labute approximate surface area is 138 Å². The Kier molecular flexibility index (Phi) is 4.04. The summed E-state index contributed by atoms with van der Waals surface area (Å²) in [6.07, 6.45) is 1.32. The van der Waals surface area contributed by atoms with Crippen molar-refractivity contribution in [2.24, 2.45) is 5.73 Å². The number of amides is 1. The standard InChI is InChI=1S/C18H15FN4O/c1-10-7-13(8-11(2)22-10)17-16(12-3-5-14(19)6-4-12)21-9-15(23-17)18(20)24/h3-9H,1-2H3,(H2,20,24). The highest BCUT2D eigenvalue weighted by Gasteiger charge is 2.15. The smallest absolute Gasteiger partial charge is 0.268 e. The van der Waals surface area contributed by atoms with Gasteiger partial charge in [0.2, 0.25) is 0 Å². The summed E-state index contributed by atoms with van der Waals surface area (Å²) < 4.78 is 13.2. The number of benzene rings is 1. The topological polar surface area (TPSA) is 81.8 Å². The molecule has 0 spiro atoms. The summed E-state index contributed by atoms with van der Waals surface area (Å²) in [4.78, 5) is 24.5. The van der Waals surface area contributed by atoms with Crippen molar-refractivity contribution in [1.82, 2.24) is 15.0 Å². The lowest BCUT2D eigenvalue weighted by atomic mass is 10.0. The normalized spacial score (nSPS) is 10.6. The van der Waals surface area contributed by atoms with E-state index in [1.54, 1.807) is 12.1 Å². The summed E-state index contributed by atoms with van der Waals surface area (Å²) in [5, 5.41) is 0. The van der Waals surface area contributed by atoms with Crippen molar-refractivity contribution in [3.8, 4) is 22.5 Å². The van der Waals surface area contributed by atoms with Crippen molar-refractivity contribution in [3.05, 3.63) is 65.5 Å². The number of hydrogen-bond donors (Lipinski definition) is 1. The van der Waals surface area contributed by atoms with E-state index in [0.29, 0.717) is 17.0 Å². The van der Waals surface area contributed by atoms with Crippen LogP contribution in [-0.4, -0.2) is 20.9 Å². The van der Waals surface area contributed by atoms with Gasteiger partial charge in [0, 0.05) is 22.5 Å². The maximum absolute atomic E-state index is 13.2. The minimum Gasteiger partial charge on any atom is -0.364 e. The summed E-state index contributed by atoms with van der Waals surface area (Å²) in [6.45, 7) is 3.75. The fourth-order valence-corrected chi connectivity index (χ4v) is 2.50. The zero-order chi connectivity index (χ0) is 17.3. The minimum absolute atomic E-state index is 0.0722. The van der Waals surface area contributed by atoms with Crippen LogP contribution in [0.3, 0.4) is 0 Å². The first-order valence-electron chi connectivity index (χ1n) is 7.32. The van der Waals surface area contributed by atoms with E-state index in [4.69, 9.17) is 5.73 Å². The number of rotatable bonds is 3. The van der Waals surface area contributed by atoms with Crippen molar-refractivity contribution in [1.29, 1.82) is 0 Å². The fourth-order valence-electron chi connectivity index (χ4n) is 2.50. The zero-order valence-electron chi connectivity index (χ0n) is 13.2. The number of carbonyl (C=O) groups excluding carboxylic acids is 1. The first kappa shape index (κ1) is 15.7. The Morgan fingerprint density at radius 3 is 2.17 bits per heavy atom. The van der Waals surface area contributed by atoms with Gasteiger partial charge >= 0.3 is 0 Å². The maximum Gasteiger partial charge on any atom is 0.268 e. The molecule has 3 rings (SSSR count). The van der Waals surface area contributed by atoms with E-state index in [1.165, 1.54) is 18.3 Å². The second-order valence-electron chi connectivity index (χ2n) is 5.46. The molecule has 0 saturated carbocycles. The van der Waals surface area contributed by atoms with E-state index in [9.17, 15) is 9.18 Å². The number of aromatic nitrogens is 3. The number of nitrogens with two attached hydrogens (primary N) is 1. The van der Waals surface area contributed by atoms with Crippen molar-refractivity contribution in [3.63, 3.8) is 0 Å². The summed E-state index contributed by atoms with van der Waals surface area (Å²) in [5.41, 5.74) is 9.56. The summed E-state index contributed by atoms with van der Waals surface area (Å²) in [7, 11) is 0. The van der Waals surface area contributed by atoms with Gasteiger partial charge in [0.1, 0.15) is 11.5 Å². The number of hydrogen-bond acceptors (Lipinski definition) is 4. The lowest BCUT2D eigenvalue weighted by molar-refractivity contribution is 0.0995. The van der Waals surface area contributed by atoms with Crippen LogP contribution in [0.2, 0.25) is 0 Å². The van der Waals surface area contributed by atoms with Crippen LogP contribution in [0.5, 0.6) is 0 Å².